The smallest absolute Gasteiger partial charge is 0.372 e. The van der Waals surface area contributed by atoms with Crippen LogP contribution in [0.15, 0.2) is 41.2 Å². The average Bonchev–Trinajstić information content (AvgIpc) is 2.63. The van der Waals surface area contributed by atoms with Crippen LogP contribution >= 0.6 is 12.4 Å². The molecule has 0 aliphatic carbocycles. The summed E-state index contributed by atoms with van der Waals surface area (Å²) in [7, 11) is 0. The van der Waals surface area contributed by atoms with Crippen molar-refractivity contribution in [3.05, 3.63) is 69.1 Å². The summed E-state index contributed by atoms with van der Waals surface area (Å²) in [5.41, 5.74) is 1.85. The molecule has 2 bridgehead atoms. The zero-order chi connectivity index (χ0) is 19.0. The molecular formula is C20H22ClF3N2O2. The molecule has 28 heavy (non-hydrogen) atoms. The number of halogens is 4. The van der Waals surface area contributed by atoms with Gasteiger partial charge in [0.25, 0.3) is 5.56 Å². The Kier molecular flexibility index (Phi) is 6.17. The molecule has 152 valence electrons. The van der Waals surface area contributed by atoms with E-state index >= 15 is 0 Å². The Morgan fingerprint density at radius 3 is 2.50 bits per heavy atom. The fourth-order valence-electron chi connectivity index (χ4n) is 4.02. The van der Waals surface area contributed by atoms with Crippen molar-refractivity contribution in [2.45, 2.75) is 38.3 Å². The lowest BCUT2D eigenvalue weighted by Crippen LogP contribution is -2.45. The van der Waals surface area contributed by atoms with E-state index in [2.05, 4.69) is 5.32 Å². The van der Waals surface area contributed by atoms with Crippen molar-refractivity contribution in [2.24, 2.45) is 5.92 Å². The van der Waals surface area contributed by atoms with Crippen molar-refractivity contribution >= 4 is 12.4 Å². The molecule has 0 radical (unpaired) electrons. The van der Waals surface area contributed by atoms with Crippen LogP contribution in [0.25, 0.3) is 0 Å². The molecule has 0 amide bonds. The summed E-state index contributed by atoms with van der Waals surface area (Å²) in [5, 5.41) is 3.42. The van der Waals surface area contributed by atoms with Gasteiger partial charge in [0.1, 0.15) is 0 Å². The third kappa shape index (κ3) is 4.42. The first kappa shape index (κ1) is 20.9. The summed E-state index contributed by atoms with van der Waals surface area (Å²) in [5.74, 6) is 0.857. The molecule has 0 saturated carbocycles. The van der Waals surface area contributed by atoms with Crippen LogP contribution in [0.1, 0.15) is 34.7 Å². The van der Waals surface area contributed by atoms with Gasteiger partial charge in [-0.15, -0.1) is 12.4 Å². The maximum atomic E-state index is 12.6. The normalized spacial score (nSPS) is 21.0. The second-order valence-corrected chi connectivity index (χ2v) is 7.38. The van der Waals surface area contributed by atoms with Gasteiger partial charge in [0.15, 0.2) is 0 Å². The van der Waals surface area contributed by atoms with E-state index in [-0.39, 0.29) is 31.2 Å². The molecule has 1 fully saturated rings. The Balaban J connectivity index is 0.00000225. The van der Waals surface area contributed by atoms with Gasteiger partial charge < -0.3 is 14.6 Å². The summed E-state index contributed by atoms with van der Waals surface area (Å²) in [4.78, 5) is 12.5. The van der Waals surface area contributed by atoms with E-state index in [1.807, 2.05) is 10.6 Å². The third-order valence-electron chi connectivity index (χ3n) is 5.34. The molecule has 3 heterocycles. The van der Waals surface area contributed by atoms with E-state index in [1.54, 1.807) is 6.07 Å². The monoisotopic (exact) mass is 414 g/mol. The van der Waals surface area contributed by atoms with Gasteiger partial charge in [-0.05, 0) is 48.2 Å². The molecule has 4 rings (SSSR count). The number of nitrogens with zero attached hydrogens (tertiary/aromatic N) is 1. The Hall–Kier alpha value is -1.83. The number of ether oxygens (including phenoxy) is 1. The highest BCUT2D eigenvalue weighted by molar-refractivity contribution is 5.85. The lowest BCUT2D eigenvalue weighted by atomic mass is 9.84. The highest BCUT2D eigenvalue weighted by atomic mass is 35.5. The predicted molar refractivity (Wildman–Crippen MR) is 102 cm³/mol. The van der Waals surface area contributed by atoms with Crippen molar-refractivity contribution in [1.29, 1.82) is 0 Å². The first-order valence-electron chi connectivity index (χ1n) is 9.08. The topological polar surface area (TPSA) is 43.3 Å². The number of nitrogens with one attached hydrogen (secondary N) is 1. The highest BCUT2D eigenvalue weighted by Gasteiger charge is 2.31. The number of pyridine rings is 1. The molecule has 2 atom stereocenters. The molecule has 4 nitrogen and oxygen atoms in total. The predicted octanol–water partition coefficient (Wildman–Crippen LogP) is 3.71. The molecule has 1 unspecified atom stereocenters. The second kappa shape index (κ2) is 8.27. The molecule has 1 N–H and O–H groups in total. The van der Waals surface area contributed by atoms with Crippen molar-refractivity contribution in [3.8, 4) is 0 Å². The van der Waals surface area contributed by atoms with Crippen molar-refractivity contribution in [1.82, 2.24) is 9.88 Å². The molecule has 1 aromatic heterocycles. The van der Waals surface area contributed by atoms with Gasteiger partial charge in [-0.2, -0.15) is 13.2 Å². The van der Waals surface area contributed by atoms with Gasteiger partial charge in [0, 0.05) is 30.8 Å². The molecule has 2 aromatic rings. The third-order valence-corrected chi connectivity index (χ3v) is 5.34. The molecule has 1 aromatic carbocycles. The van der Waals surface area contributed by atoms with Crippen LogP contribution in [0.4, 0.5) is 13.2 Å². The summed E-state index contributed by atoms with van der Waals surface area (Å²) in [6.45, 7) is 3.05. The average molecular weight is 415 g/mol. The standard InChI is InChI=1S/C20H21F3N2O2.ClH/c21-20(22,23)17-3-1-13(2-4-17)11-27-12-14-6-18-16-5-15(8-24-9-16)10-25(18)19(26)7-14;/h1-4,6-7,15-16,24H,5,8-12H2;1H/t15?,16-;/m0./s1. The van der Waals surface area contributed by atoms with Crippen molar-refractivity contribution < 1.29 is 17.9 Å². The van der Waals surface area contributed by atoms with Crippen LogP contribution in [-0.2, 0) is 30.7 Å². The number of hydrogen-bond acceptors (Lipinski definition) is 3. The molecule has 1 saturated heterocycles. The number of fused-ring (bicyclic) bond motifs is 4. The fraction of sp³-hybridized carbons (Fsp3) is 0.450. The number of rotatable bonds is 4. The summed E-state index contributed by atoms with van der Waals surface area (Å²) in [6, 6.07) is 8.57. The number of aromatic nitrogens is 1. The van der Waals surface area contributed by atoms with Crippen molar-refractivity contribution in [2.75, 3.05) is 13.1 Å². The van der Waals surface area contributed by atoms with Gasteiger partial charge in [-0.3, -0.25) is 4.79 Å². The quantitative estimate of drug-likeness (QED) is 0.829. The Bertz CT molecular complexity index is 881. The largest absolute Gasteiger partial charge is 0.416 e. The van der Waals surface area contributed by atoms with E-state index in [9.17, 15) is 18.0 Å². The lowest BCUT2D eigenvalue weighted by Gasteiger charge is -2.37. The second-order valence-electron chi connectivity index (χ2n) is 7.38. The summed E-state index contributed by atoms with van der Waals surface area (Å²) in [6.07, 6.45) is -3.24. The molecule has 2 aliphatic heterocycles. The van der Waals surface area contributed by atoms with Crippen LogP contribution < -0.4 is 10.9 Å². The first-order valence-corrected chi connectivity index (χ1v) is 9.08. The maximum Gasteiger partial charge on any atom is 0.416 e. The van der Waals surface area contributed by atoms with Crippen LogP contribution in [0.2, 0.25) is 0 Å². The minimum Gasteiger partial charge on any atom is -0.372 e. The van der Waals surface area contributed by atoms with E-state index in [1.165, 1.54) is 12.1 Å². The van der Waals surface area contributed by atoms with E-state index in [0.717, 1.165) is 49.4 Å². The number of benzene rings is 1. The maximum absolute atomic E-state index is 12.6. The van der Waals surface area contributed by atoms with E-state index < -0.39 is 11.7 Å². The van der Waals surface area contributed by atoms with Crippen LogP contribution in [0.5, 0.6) is 0 Å². The molecular weight excluding hydrogens is 393 g/mol. The van der Waals surface area contributed by atoms with Gasteiger partial charge in [0.05, 0.1) is 18.8 Å². The number of alkyl halides is 3. The Morgan fingerprint density at radius 1 is 1.07 bits per heavy atom. The van der Waals surface area contributed by atoms with Crippen LogP contribution in [0, 0.1) is 5.92 Å². The Morgan fingerprint density at radius 2 is 1.79 bits per heavy atom. The van der Waals surface area contributed by atoms with E-state index in [0.29, 0.717) is 17.4 Å². The van der Waals surface area contributed by atoms with Crippen molar-refractivity contribution in [3.63, 3.8) is 0 Å². The minimum absolute atomic E-state index is 0. The SMILES string of the molecule is Cl.O=c1cc(COCc2ccc(C(F)(F)F)cc2)cc2n1CC1CNC[C@@H]2C1. The molecule has 0 spiro atoms. The molecule has 2 aliphatic rings. The lowest BCUT2D eigenvalue weighted by molar-refractivity contribution is -0.137. The fourth-order valence-corrected chi connectivity index (χ4v) is 4.02. The van der Waals surface area contributed by atoms with Crippen LogP contribution in [0.3, 0.4) is 0 Å². The van der Waals surface area contributed by atoms with Crippen LogP contribution in [-0.4, -0.2) is 17.7 Å². The first-order chi connectivity index (χ1) is 12.9. The summed E-state index contributed by atoms with van der Waals surface area (Å²) >= 11 is 0. The van der Waals surface area contributed by atoms with Gasteiger partial charge in [-0.1, -0.05) is 12.1 Å². The number of hydrogen-bond donors (Lipinski definition) is 1. The highest BCUT2D eigenvalue weighted by Crippen LogP contribution is 2.32. The van der Waals surface area contributed by atoms with Gasteiger partial charge >= 0.3 is 6.18 Å². The van der Waals surface area contributed by atoms with Gasteiger partial charge in [0.2, 0.25) is 0 Å². The summed E-state index contributed by atoms with van der Waals surface area (Å²) < 4.78 is 45.3. The minimum atomic E-state index is -4.34. The van der Waals surface area contributed by atoms with E-state index in [4.69, 9.17) is 4.74 Å². The molecule has 8 heteroatoms. The number of piperidine rings is 1. The van der Waals surface area contributed by atoms with Gasteiger partial charge in [-0.25, -0.2) is 0 Å². The Labute approximate surface area is 167 Å². The zero-order valence-corrected chi connectivity index (χ0v) is 16.0. The zero-order valence-electron chi connectivity index (χ0n) is 15.2.